The summed E-state index contributed by atoms with van der Waals surface area (Å²) in [6.07, 6.45) is 0.428. The Kier molecular flexibility index (Phi) is 4.77. The maximum Gasteiger partial charge on any atom is 0.250 e. The van der Waals surface area contributed by atoms with Crippen molar-refractivity contribution in [3.8, 4) is 0 Å². The van der Waals surface area contributed by atoms with Crippen LogP contribution in [0, 0.1) is 0 Å². The van der Waals surface area contributed by atoms with Gasteiger partial charge in [-0.25, -0.2) is 13.1 Å². The van der Waals surface area contributed by atoms with E-state index in [0.29, 0.717) is 12.1 Å². The molecule has 0 spiro atoms. The number of sulfonamides is 1. The zero-order valence-electron chi connectivity index (χ0n) is 10.7. The van der Waals surface area contributed by atoms with E-state index in [2.05, 4.69) is 4.72 Å². The number of hydrogen-bond donors (Lipinski definition) is 3. The Balaban J connectivity index is 2.10. The zero-order valence-corrected chi connectivity index (χ0v) is 12.3. The van der Waals surface area contributed by atoms with E-state index in [-0.39, 0.29) is 10.8 Å². The third kappa shape index (κ3) is 3.80. The first kappa shape index (κ1) is 15.0. The summed E-state index contributed by atoms with van der Waals surface area (Å²) in [7, 11) is -3.64. The van der Waals surface area contributed by atoms with Gasteiger partial charge in [-0.3, -0.25) is 0 Å². The Bertz CT molecular complexity index is 653. The van der Waals surface area contributed by atoms with Gasteiger partial charge in [-0.1, -0.05) is 30.3 Å². The van der Waals surface area contributed by atoms with E-state index < -0.39 is 16.1 Å². The van der Waals surface area contributed by atoms with Crippen molar-refractivity contribution in [1.29, 1.82) is 0 Å². The quantitative estimate of drug-likeness (QED) is 0.747. The second kappa shape index (κ2) is 6.36. The van der Waals surface area contributed by atoms with Crippen molar-refractivity contribution in [2.24, 2.45) is 0 Å². The van der Waals surface area contributed by atoms with E-state index in [1.807, 2.05) is 30.3 Å². The normalized spacial score (nSPS) is 13.2. The molecule has 0 aliphatic carbocycles. The number of nitrogens with one attached hydrogen (secondary N) is 1. The number of nitrogens with two attached hydrogens (primary N) is 1. The van der Waals surface area contributed by atoms with Crippen LogP contribution in [-0.2, 0) is 16.4 Å². The number of benzene rings is 1. The summed E-state index contributed by atoms with van der Waals surface area (Å²) in [5, 5.41) is 10.9. The monoisotopic (exact) mass is 312 g/mol. The van der Waals surface area contributed by atoms with Crippen LogP contribution in [-0.4, -0.2) is 26.2 Å². The number of aliphatic hydroxyl groups excluding tert-OH is 1. The van der Waals surface area contributed by atoms with E-state index in [1.54, 1.807) is 5.38 Å². The molecular formula is C13H16N2O3S2. The molecule has 2 aromatic rings. The molecule has 1 atom stereocenters. The summed E-state index contributed by atoms with van der Waals surface area (Å²) in [5.74, 6) is 0. The Morgan fingerprint density at radius 2 is 2.00 bits per heavy atom. The molecule has 1 aromatic carbocycles. The number of aliphatic hydroxyl groups is 1. The SMILES string of the molecule is Nc1csc(S(=O)(=O)NC(CO)Cc2ccccc2)c1. The van der Waals surface area contributed by atoms with Crippen LogP contribution in [0.3, 0.4) is 0 Å². The van der Waals surface area contributed by atoms with Crippen LogP contribution in [0.25, 0.3) is 0 Å². The highest BCUT2D eigenvalue weighted by Gasteiger charge is 2.21. The molecule has 20 heavy (non-hydrogen) atoms. The Morgan fingerprint density at radius 1 is 1.30 bits per heavy atom. The molecule has 0 saturated carbocycles. The van der Waals surface area contributed by atoms with E-state index in [4.69, 9.17) is 5.73 Å². The van der Waals surface area contributed by atoms with Gasteiger partial charge in [0, 0.05) is 17.1 Å². The first-order valence-electron chi connectivity index (χ1n) is 6.02. The van der Waals surface area contributed by atoms with Crippen LogP contribution in [0.4, 0.5) is 5.69 Å². The van der Waals surface area contributed by atoms with Gasteiger partial charge in [-0.05, 0) is 18.1 Å². The Labute approximate surface area is 122 Å². The molecule has 1 heterocycles. The third-order valence-electron chi connectivity index (χ3n) is 2.73. The van der Waals surface area contributed by atoms with E-state index in [1.165, 1.54) is 6.07 Å². The fraction of sp³-hybridized carbons (Fsp3) is 0.231. The van der Waals surface area contributed by atoms with Crippen molar-refractivity contribution in [2.75, 3.05) is 12.3 Å². The highest BCUT2D eigenvalue weighted by Crippen LogP contribution is 2.21. The van der Waals surface area contributed by atoms with Gasteiger partial charge in [0.2, 0.25) is 10.0 Å². The molecule has 4 N–H and O–H groups in total. The molecule has 1 unspecified atom stereocenters. The molecule has 0 fully saturated rings. The lowest BCUT2D eigenvalue weighted by Gasteiger charge is -2.15. The molecule has 0 bridgehead atoms. The molecule has 0 radical (unpaired) electrons. The minimum absolute atomic E-state index is 0.154. The lowest BCUT2D eigenvalue weighted by Crippen LogP contribution is -2.38. The summed E-state index contributed by atoms with van der Waals surface area (Å²) >= 11 is 1.06. The van der Waals surface area contributed by atoms with Gasteiger partial charge >= 0.3 is 0 Å². The van der Waals surface area contributed by atoms with Gasteiger partial charge in [-0.15, -0.1) is 11.3 Å². The predicted molar refractivity (Wildman–Crippen MR) is 80.1 cm³/mol. The molecule has 0 saturated heterocycles. The van der Waals surface area contributed by atoms with Gasteiger partial charge < -0.3 is 10.8 Å². The van der Waals surface area contributed by atoms with Crippen LogP contribution in [0.5, 0.6) is 0 Å². The largest absolute Gasteiger partial charge is 0.398 e. The van der Waals surface area contributed by atoms with Crippen molar-refractivity contribution in [3.63, 3.8) is 0 Å². The predicted octanol–water partition coefficient (Wildman–Crippen LogP) is 1.21. The number of rotatable bonds is 6. The summed E-state index contributed by atoms with van der Waals surface area (Å²) < 4.78 is 26.9. The summed E-state index contributed by atoms with van der Waals surface area (Å²) in [5.41, 5.74) is 6.90. The topological polar surface area (TPSA) is 92.4 Å². The third-order valence-corrected chi connectivity index (χ3v) is 5.71. The molecule has 2 rings (SSSR count). The van der Waals surface area contributed by atoms with Crippen molar-refractivity contribution in [3.05, 3.63) is 47.3 Å². The summed E-state index contributed by atoms with van der Waals surface area (Å²) in [6.45, 7) is -0.269. The number of nitrogen functional groups attached to an aromatic ring is 1. The number of thiophene rings is 1. The van der Waals surface area contributed by atoms with Crippen LogP contribution in [0.2, 0.25) is 0 Å². The van der Waals surface area contributed by atoms with Crippen molar-refractivity contribution in [1.82, 2.24) is 4.72 Å². The molecule has 7 heteroatoms. The second-order valence-electron chi connectivity index (χ2n) is 4.39. The number of anilines is 1. The number of hydrogen-bond acceptors (Lipinski definition) is 5. The van der Waals surface area contributed by atoms with Crippen molar-refractivity contribution < 1.29 is 13.5 Å². The van der Waals surface area contributed by atoms with Crippen LogP contribution in [0.1, 0.15) is 5.56 Å². The van der Waals surface area contributed by atoms with Crippen LogP contribution in [0.15, 0.2) is 46.0 Å². The van der Waals surface area contributed by atoms with E-state index >= 15 is 0 Å². The summed E-state index contributed by atoms with van der Waals surface area (Å²) in [4.78, 5) is 0. The lowest BCUT2D eigenvalue weighted by atomic mass is 10.1. The molecule has 108 valence electrons. The van der Waals surface area contributed by atoms with Gasteiger partial charge in [0.1, 0.15) is 4.21 Å². The zero-order chi connectivity index (χ0) is 14.6. The standard InChI is InChI=1S/C13H16N2O3S2/c14-11-7-13(19-9-11)20(17,18)15-12(8-16)6-10-4-2-1-3-5-10/h1-5,7,9,12,15-16H,6,8,14H2. The molecule has 1 aromatic heterocycles. The average molecular weight is 312 g/mol. The minimum Gasteiger partial charge on any atom is -0.398 e. The average Bonchev–Trinajstić information content (AvgIpc) is 2.86. The molecule has 0 aliphatic heterocycles. The first-order valence-corrected chi connectivity index (χ1v) is 8.38. The van der Waals surface area contributed by atoms with Crippen molar-refractivity contribution >= 4 is 27.0 Å². The van der Waals surface area contributed by atoms with Gasteiger partial charge in [0.25, 0.3) is 0 Å². The maximum atomic E-state index is 12.1. The minimum atomic E-state index is -3.64. The summed E-state index contributed by atoms with van der Waals surface area (Å²) in [6, 6.07) is 10.3. The molecule has 0 amide bonds. The van der Waals surface area contributed by atoms with Gasteiger partial charge in [0.05, 0.1) is 6.61 Å². The lowest BCUT2D eigenvalue weighted by molar-refractivity contribution is 0.256. The molecule has 0 aliphatic rings. The van der Waals surface area contributed by atoms with Crippen LogP contribution < -0.4 is 10.5 Å². The van der Waals surface area contributed by atoms with Crippen LogP contribution >= 0.6 is 11.3 Å². The first-order chi connectivity index (χ1) is 9.51. The van der Waals surface area contributed by atoms with E-state index in [0.717, 1.165) is 16.9 Å². The van der Waals surface area contributed by atoms with E-state index in [9.17, 15) is 13.5 Å². The highest BCUT2D eigenvalue weighted by atomic mass is 32.2. The smallest absolute Gasteiger partial charge is 0.250 e. The highest BCUT2D eigenvalue weighted by molar-refractivity contribution is 7.91. The van der Waals surface area contributed by atoms with Crippen molar-refractivity contribution in [2.45, 2.75) is 16.7 Å². The van der Waals surface area contributed by atoms with Gasteiger partial charge in [0.15, 0.2) is 0 Å². The van der Waals surface area contributed by atoms with Gasteiger partial charge in [-0.2, -0.15) is 0 Å². The fourth-order valence-electron chi connectivity index (χ4n) is 1.79. The Hall–Kier alpha value is -1.41. The Morgan fingerprint density at radius 3 is 2.55 bits per heavy atom. The fourth-order valence-corrected chi connectivity index (χ4v) is 4.11. The maximum absolute atomic E-state index is 12.1. The second-order valence-corrected chi connectivity index (χ2v) is 7.24. The molecular weight excluding hydrogens is 296 g/mol. The molecule has 5 nitrogen and oxygen atoms in total.